The van der Waals surface area contributed by atoms with E-state index in [9.17, 15) is 0 Å². The van der Waals surface area contributed by atoms with Gasteiger partial charge in [-0.2, -0.15) is 0 Å². The van der Waals surface area contributed by atoms with Crippen LogP contribution >= 0.6 is 0 Å². The van der Waals surface area contributed by atoms with Gasteiger partial charge in [0.05, 0.1) is 5.69 Å². The van der Waals surface area contributed by atoms with Gasteiger partial charge in [0.15, 0.2) is 0 Å². The molecule has 0 amide bonds. The third-order valence-electron chi connectivity index (χ3n) is 9.21. The molecule has 0 aliphatic heterocycles. The molecule has 0 spiro atoms. The lowest BCUT2D eigenvalue weighted by Gasteiger charge is -2.30. The van der Waals surface area contributed by atoms with E-state index in [0.29, 0.717) is 0 Å². The van der Waals surface area contributed by atoms with Crippen molar-refractivity contribution in [3.63, 3.8) is 0 Å². The van der Waals surface area contributed by atoms with Crippen LogP contribution in [0.5, 0.6) is 0 Å². The standard InChI is InChI=1S/C46H32N2O/c1-4-14-33(15-5-1)43-30-34-16-10-11-17-35(34)31-44(43)48(40-28-29-42-41-22-12-13-23-45(41)49-46(42)32-40)39-26-24-38(25-27-39)47(36-18-6-2-7-19-36)37-20-8-3-9-21-37/h1-32H. The van der Waals surface area contributed by atoms with Crippen molar-refractivity contribution in [2.45, 2.75) is 0 Å². The van der Waals surface area contributed by atoms with Gasteiger partial charge in [-0.25, -0.2) is 0 Å². The van der Waals surface area contributed by atoms with Gasteiger partial charge >= 0.3 is 0 Å². The zero-order chi connectivity index (χ0) is 32.6. The predicted octanol–water partition coefficient (Wildman–Crippen LogP) is 13.3. The second-order valence-electron chi connectivity index (χ2n) is 12.2. The SMILES string of the molecule is c1ccc(-c2cc3ccccc3cc2N(c2ccc(N(c3ccccc3)c3ccccc3)cc2)c2ccc3c(c2)oc2ccccc23)cc1. The summed E-state index contributed by atoms with van der Waals surface area (Å²) < 4.78 is 6.42. The Morgan fingerprint density at radius 1 is 0.327 bits per heavy atom. The molecule has 9 aromatic rings. The van der Waals surface area contributed by atoms with Crippen LogP contribution in [0.1, 0.15) is 0 Å². The van der Waals surface area contributed by atoms with Crippen molar-refractivity contribution in [2.75, 3.05) is 9.80 Å². The quantitative estimate of drug-likeness (QED) is 0.175. The van der Waals surface area contributed by atoms with Crippen molar-refractivity contribution in [1.82, 2.24) is 0 Å². The highest BCUT2D eigenvalue weighted by Gasteiger charge is 2.21. The second-order valence-corrected chi connectivity index (χ2v) is 12.2. The van der Waals surface area contributed by atoms with Gasteiger partial charge in [-0.3, -0.25) is 0 Å². The van der Waals surface area contributed by atoms with Gasteiger partial charge in [-0.1, -0.05) is 109 Å². The molecular formula is C46H32N2O. The highest BCUT2D eigenvalue weighted by molar-refractivity contribution is 6.07. The van der Waals surface area contributed by atoms with Gasteiger partial charge in [0.2, 0.25) is 0 Å². The van der Waals surface area contributed by atoms with Crippen molar-refractivity contribution in [3.8, 4) is 11.1 Å². The van der Waals surface area contributed by atoms with Crippen LogP contribution < -0.4 is 9.80 Å². The molecule has 0 unspecified atom stereocenters. The van der Waals surface area contributed by atoms with Crippen LogP contribution in [0.2, 0.25) is 0 Å². The molecule has 8 aromatic carbocycles. The van der Waals surface area contributed by atoms with Crippen molar-refractivity contribution < 1.29 is 4.42 Å². The first kappa shape index (κ1) is 28.6. The Hall–Kier alpha value is -6.58. The molecule has 232 valence electrons. The Kier molecular flexibility index (Phi) is 7.14. The summed E-state index contributed by atoms with van der Waals surface area (Å²) in [4.78, 5) is 4.65. The summed E-state index contributed by atoms with van der Waals surface area (Å²) in [7, 11) is 0. The third kappa shape index (κ3) is 5.28. The van der Waals surface area contributed by atoms with Crippen LogP contribution in [0.4, 0.5) is 34.1 Å². The summed E-state index contributed by atoms with van der Waals surface area (Å²) in [6.45, 7) is 0. The Bertz CT molecular complexity index is 2500. The fourth-order valence-electron chi connectivity index (χ4n) is 6.90. The molecule has 0 saturated heterocycles. The average molecular weight is 629 g/mol. The zero-order valence-electron chi connectivity index (χ0n) is 26.8. The smallest absolute Gasteiger partial charge is 0.137 e. The maximum absolute atomic E-state index is 6.42. The lowest BCUT2D eigenvalue weighted by atomic mass is 9.97. The second kappa shape index (κ2) is 12.2. The maximum atomic E-state index is 6.42. The lowest BCUT2D eigenvalue weighted by Crippen LogP contribution is -2.13. The molecule has 3 nitrogen and oxygen atoms in total. The molecule has 0 bridgehead atoms. The molecule has 3 heteroatoms. The van der Waals surface area contributed by atoms with Gasteiger partial charge in [-0.05, 0) is 95.2 Å². The van der Waals surface area contributed by atoms with E-state index >= 15 is 0 Å². The van der Waals surface area contributed by atoms with Crippen molar-refractivity contribution in [2.24, 2.45) is 0 Å². The summed E-state index contributed by atoms with van der Waals surface area (Å²) in [5, 5.41) is 4.62. The fraction of sp³-hybridized carbons (Fsp3) is 0. The molecule has 9 rings (SSSR count). The van der Waals surface area contributed by atoms with Crippen LogP contribution in [0.15, 0.2) is 199 Å². The van der Waals surface area contributed by atoms with Crippen LogP contribution in [0, 0.1) is 0 Å². The van der Waals surface area contributed by atoms with E-state index in [1.807, 2.05) is 12.1 Å². The van der Waals surface area contributed by atoms with E-state index < -0.39 is 0 Å². The third-order valence-corrected chi connectivity index (χ3v) is 9.21. The van der Waals surface area contributed by atoms with E-state index in [-0.39, 0.29) is 0 Å². The minimum atomic E-state index is 0.863. The summed E-state index contributed by atoms with van der Waals surface area (Å²) in [5.74, 6) is 0. The highest BCUT2D eigenvalue weighted by atomic mass is 16.3. The van der Waals surface area contributed by atoms with Crippen molar-refractivity contribution in [1.29, 1.82) is 0 Å². The number of fused-ring (bicyclic) bond motifs is 4. The Morgan fingerprint density at radius 3 is 1.49 bits per heavy atom. The number of nitrogens with zero attached hydrogens (tertiary/aromatic N) is 2. The lowest BCUT2D eigenvalue weighted by molar-refractivity contribution is 0.669. The first-order chi connectivity index (χ1) is 24.3. The first-order valence-electron chi connectivity index (χ1n) is 16.6. The minimum Gasteiger partial charge on any atom is -0.456 e. The molecule has 1 heterocycles. The van der Waals surface area contributed by atoms with Crippen molar-refractivity contribution in [3.05, 3.63) is 194 Å². The number of rotatable bonds is 7. The van der Waals surface area contributed by atoms with Gasteiger partial charge in [-0.15, -0.1) is 0 Å². The van der Waals surface area contributed by atoms with E-state index in [4.69, 9.17) is 4.42 Å². The Balaban J connectivity index is 1.25. The molecule has 0 aliphatic carbocycles. The molecule has 1 aromatic heterocycles. The van der Waals surface area contributed by atoms with Crippen LogP contribution in [-0.4, -0.2) is 0 Å². The molecule has 0 fully saturated rings. The topological polar surface area (TPSA) is 19.6 Å². The van der Waals surface area contributed by atoms with Crippen molar-refractivity contribution >= 4 is 66.8 Å². The Labute approximate surface area is 285 Å². The molecule has 0 aliphatic rings. The molecule has 0 atom stereocenters. The highest BCUT2D eigenvalue weighted by Crippen LogP contribution is 2.45. The number of hydrogen-bond donors (Lipinski definition) is 0. The molecular weight excluding hydrogens is 597 g/mol. The van der Waals surface area contributed by atoms with Crippen LogP contribution in [0.25, 0.3) is 43.8 Å². The van der Waals surface area contributed by atoms with E-state index in [1.165, 1.54) is 10.8 Å². The minimum absolute atomic E-state index is 0.863. The van der Waals surface area contributed by atoms with Gasteiger partial charge in [0.25, 0.3) is 0 Å². The number of hydrogen-bond acceptors (Lipinski definition) is 3. The predicted molar refractivity (Wildman–Crippen MR) is 206 cm³/mol. The fourth-order valence-corrected chi connectivity index (χ4v) is 6.90. The maximum Gasteiger partial charge on any atom is 0.137 e. The first-order valence-corrected chi connectivity index (χ1v) is 16.6. The number of para-hydroxylation sites is 3. The zero-order valence-corrected chi connectivity index (χ0v) is 26.8. The van der Waals surface area contributed by atoms with Gasteiger partial charge in [0.1, 0.15) is 11.2 Å². The monoisotopic (exact) mass is 628 g/mol. The molecule has 0 N–H and O–H groups in total. The van der Waals surface area contributed by atoms with E-state index in [0.717, 1.165) is 67.2 Å². The van der Waals surface area contributed by atoms with E-state index in [1.54, 1.807) is 0 Å². The van der Waals surface area contributed by atoms with Gasteiger partial charge < -0.3 is 14.2 Å². The number of anilines is 6. The van der Waals surface area contributed by atoms with E-state index in [2.05, 4.69) is 192 Å². The largest absolute Gasteiger partial charge is 0.456 e. The molecule has 0 saturated carbocycles. The average Bonchev–Trinajstić information content (AvgIpc) is 3.55. The molecule has 0 radical (unpaired) electrons. The summed E-state index contributed by atoms with van der Waals surface area (Å²) >= 11 is 0. The summed E-state index contributed by atoms with van der Waals surface area (Å²) in [6, 6.07) is 68.6. The Morgan fingerprint density at radius 2 is 0.816 bits per heavy atom. The van der Waals surface area contributed by atoms with Gasteiger partial charge in [0, 0.05) is 50.8 Å². The normalized spacial score (nSPS) is 11.3. The molecule has 49 heavy (non-hydrogen) atoms. The van der Waals surface area contributed by atoms with Crippen LogP contribution in [-0.2, 0) is 0 Å². The number of furan rings is 1. The summed E-state index contributed by atoms with van der Waals surface area (Å²) in [5.41, 5.74) is 10.5. The summed E-state index contributed by atoms with van der Waals surface area (Å²) in [6.07, 6.45) is 0. The number of benzene rings is 8. The van der Waals surface area contributed by atoms with Crippen LogP contribution in [0.3, 0.4) is 0 Å².